The van der Waals surface area contributed by atoms with Gasteiger partial charge < -0.3 is 14.8 Å². The topological polar surface area (TPSA) is 84.9 Å². The Hall–Kier alpha value is -3.58. The second kappa shape index (κ2) is 10.4. The first-order valence-corrected chi connectivity index (χ1v) is 10.7. The molecule has 1 aliphatic rings. The average molecular weight is 469 g/mol. The zero-order valence-electron chi connectivity index (χ0n) is 18.8. The number of carbonyl (C=O) groups is 3. The molecule has 0 aromatic heterocycles. The first-order chi connectivity index (χ1) is 15.7. The van der Waals surface area contributed by atoms with Gasteiger partial charge in [0, 0.05) is 16.8 Å². The molecule has 0 bridgehead atoms. The summed E-state index contributed by atoms with van der Waals surface area (Å²) in [7, 11) is 1.27. The minimum atomic E-state index is -0.604. The number of hydrogen-bond donors (Lipinski definition) is 1. The molecule has 2 aromatic rings. The highest BCUT2D eigenvalue weighted by Crippen LogP contribution is 2.36. The first kappa shape index (κ1) is 24.1. The lowest BCUT2D eigenvalue weighted by Crippen LogP contribution is -2.34. The summed E-state index contributed by atoms with van der Waals surface area (Å²) in [4.78, 5) is 39.0. The second-order valence-corrected chi connectivity index (χ2v) is 8.15. The molecule has 0 unspecified atom stereocenters. The number of rotatable bonds is 7. The van der Waals surface area contributed by atoms with Crippen molar-refractivity contribution in [3.63, 3.8) is 0 Å². The van der Waals surface area contributed by atoms with Gasteiger partial charge in [0.15, 0.2) is 6.61 Å². The highest BCUT2D eigenvalue weighted by Gasteiger charge is 2.37. The summed E-state index contributed by atoms with van der Waals surface area (Å²) in [5.74, 6) is -0.667. The Labute approximate surface area is 197 Å². The van der Waals surface area contributed by atoms with Crippen LogP contribution in [0.25, 0.3) is 6.08 Å². The molecule has 0 saturated carbocycles. The van der Waals surface area contributed by atoms with E-state index in [-0.39, 0.29) is 35.6 Å². The fourth-order valence-corrected chi connectivity index (χ4v) is 3.63. The number of ether oxygens (including phenoxy) is 2. The van der Waals surface area contributed by atoms with Crippen LogP contribution in [0.5, 0.6) is 5.75 Å². The number of amides is 2. The van der Waals surface area contributed by atoms with E-state index in [2.05, 4.69) is 5.32 Å². The normalized spacial score (nSPS) is 14.8. The van der Waals surface area contributed by atoms with Crippen molar-refractivity contribution in [3.05, 3.63) is 76.0 Å². The summed E-state index contributed by atoms with van der Waals surface area (Å²) >= 11 is 6.10. The molecule has 2 aromatic carbocycles. The highest BCUT2D eigenvalue weighted by atomic mass is 35.5. The van der Waals surface area contributed by atoms with Crippen molar-refractivity contribution in [3.8, 4) is 5.75 Å². The van der Waals surface area contributed by atoms with Gasteiger partial charge in [-0.25, -0.2) is 4.79 Å². The molecule has 0 atom stereocenters. The second-order valence-electron chi connectivity index (χ2n) is 7.71. The number of anilines is 1. The highest BCUT2D eigenvalue weighted by molar-refractivity contribution is 6.31. The molecule has 0 saturated heterocycles. The summed E-state index contributed by atoms with van der Waals surface area (Å²) < 4.78 is 10.4. The van der Waals surface area contributed by atoms with Gasteiger partial charge in [-0.2, -0.15) is 0 Å². The molecule has 1 heterocycles. The van der Waals surface area contributed by atoms with Gasteiger partial charge in [-0.05, 0) is 62.7 Å². The van der Waals surface area contributed by atoms with Gasteiger partial charge in [-0.3, -0.25) is 14.5 Å². The third kappa shape index (κ3) is 5.62. The molecule has 0 radical (unpaired) electrons. The van der Waals surface area contributed by atoms with Crippen molar-refractivity contribution < 1.29 is 23.9 Å². The molecule has 7 nitrogen and oxygen atoms in total. The van der Waals surface area contributed by atoms with Gasteiger partial charge in [-0.15, -0.1) is 0 Å². The maximum absolute atomic E-state index is 13.3. The molecule has 0 spiro atoms. The largest absolute Gasteiger partial charge is 0.484 e. The zero-order chi connectivity index (χ0) is 24.1. The number of nitrogens with one attached hydrogen (secondary N) is 1. The molecule has 33 heavy (non-hydrogen) atoms. The van der Waals surface area contributed by atoms with Crippen LogP contribution >= 0.6 is 11.6 Å². The van der Waals surface area contributed by atoms with E-state index in [0.29, 0.717) is 27.7 Å². The van der Waals surface area contributed by atoms with Crippen LogP contribution < -0.4 is 15.0 Å². The first-order valence-electron chi connectivity index (χ1n) is 10.3. The molecular formula is C25H25ClN2O5. The average Bonchev–Trinajstić information content (AvgIpc) is 3.01. The van der Waals surface area contributed by atoms with Gasteiger partial charge in [0.2, 0.25) is 0 Å². The third-order valence-electron chi connectivity index (χ3n) is 4.87. The predicted octanol–water partition coefficient (Wildman–Crippen LogP) is 4.12. The summed E-state index contributed by atoms with van der Waals surface area (Å²) in [6, 6.07) is 13.7. The number of esters is 1. The summed E-state index contributed by atoms with van der Waals surface area (Å²) in [5.41, 5.74) is 2.09. The van der Waals surface area contributed by atoms with Gasteiger partial charge in [-0.1, -0.05) is 29.8 Å². The van der Waals surface area contributed by atoms with E-state index in [9.17, 15) is 14.4 Å². The van der Waals surface area contributed by atoms with E-state index in [1.165, 1.54) is 12.0 Å². The molecule has 172 valence electrons. The van der Waals surface area contributed by atoms with Crippen LogP contribution in [0.15, 0.2) is 65.4 Å². The number of allylic oxidation sites excluding steroid dienone is 1. The molecule has 0 fully saturated rings. The lowest BCUT2D eigenvalue weighted by atomic mass is 10.0. The van der Waals surface area contributed by atoms with Crippen molar-refractivity contribution in [1.82, 2.24) is 5.32 Å². The molecule has 0 aliphatic carbocycles. The van der Waals surface area contributed by atoms with Crippen LogP contribution in [0.1, 0.15) is 26.3 Å². The van der Waals surface area contributed by atoms with Crippen molar-refractivity contribution in [1.29, 1.82) is 0 Å². The van der Waals surface area contributed by atoms with Gasteiger partial charge in [0.25, 0.3) is 11.8 Å². The fourth-order valence-electron chi connectivity index (χ4n) is 3.45. The third-order valence-corrected chi connectivity index (χ3v) is 5.10. The predicted molar refractivity (Wildman–Crippen MR) is 127 cm³/mol. The Morgan fingerprint density at radius 2 is 1.85 bits per heavy atom. The monoisotopic (exact) mass is 468 g/mol. The molecule has 8 heteroatoms. The smallest absolute Gasteiger partial charge is 0.340 e. The van der Waals surface area contributed by atoms with Crippen LogP contribution in [0.4, 0.5) is 5.69 Å². The van der Waals surface area contributed by atoms with Crippen LogP contribution in [-0.2, 0) is 19.1 Å². The maximum atomic E-state index is 13.3. The number of hydrogen-bond acceptors (Lipinski definition) is 5. The van der Waals surface area contributed by atoms with Gasteiger partial charge in [0.1, 0.15) is 5.75 Å². The van der Waals surface area contributed by atoms with Crippen molar-refractivity contribution >= 4 is 41.1 Å². The van der Waals surface area contributed by atoms with Crippen LogP contribution in [0.3, 0.4) is 0 Å². The summed E-state index contributed by atoms with van der Waals surface area (Å²) in [5, 5.41) is 3.23. The lowest BCUT2D eigenvalue weighted by Gasteiger charge is -2.18. The Balaban J connectivity index is 1.87. The number of methoxy groups -OCH3 is 1. The zero-order valence-corrected chi connectivity index (χ0v) is 19.6. The van der Waals surface area contributed by atoms with E-state index in [1.807, 2.05) is 13.8 Å². The van der Waals surface area contributed by atoms with Crippen molar-refractivity contribution in [2.45, 2.75) is 26.8 Å². The SMILES string of the molecule is COC(=O)C1=C(C)N(c2cccc(Cl)c2)C(=O)/C1=C\c1ccc(OCC(=O)NC(C)C)cc1. The summed E-state index contributed by atoms with van der Waals surface area (Å²) in [6.45, 7) is 5.33. The molecule has 3 rings (SSSR count). The van der Waals surface area contributed by atoms with E-state index in [1.54, 1.807) is 61.5 Å². The molecular weight excluding hydrogens is 444 g/mol. The summed E-state index contributed by atoms with van der Waals surface area (Å²) in [6.07, 6.45) is 1.62. The number of benzene rings is 2. The molecule has 1 N–H and O–H groups in total. The standard InChI is InChI=1S/C25H25ClN2O5/c1-15(2)27-22(29)14-33-20-10-8-17(9-11-20)12-21-23(25(31)32-4)16(3)28(24(21)30)19-7-5-6-18(26)13-19/h5-13,15H,14H2,1-4H3,(H,27,29)/b21-12-. The quantitative estimate of drug-likeness (QED) is 0.488. The number of nitrogens with zero attached hydrogens (tertiary/aromatic N) is 1. The van der Waals surface area contributed by atoms with Gasteiger partial charge >= 0.3 is 5.97 Å². The van der Waals surface area contributed by atoms with E-state index in [4.69, 9.17) is 21.1 Å². The van der Waals surface area contributed by atoms with Crippen molar-refractivity contribution in [2.75, 3.05) is 18.6 Å². The van der Waals surface area contributed by atoms with E-state index < -0.39 is 5.97 Å². The Morgan fingerprint density at radius 1 is 1.15 bits per heavy atom. The Kier molecular flexibility index (Phi) is 7.55. The fraction of sp³-hybridized carbons (Fsp3) is 0.240. The Bertz CT molecular complexity index is 1140. The van der Waals surface area contributed by atoms with E-state index in [0.717, 1.165) is 0 Å². The number of halogens is 1. The minimum absolute atomic E-state index is 0.0334. The number of carbonyl (C=O) groups excluding carboxylic acids is 3. The van der Waals surface area contributed by atoms with Crippen LogP contribution in [0, 0.1) is 0 Å². The maximum Gasteiger partial charge on any atom is 0.340 e. The van der Waals surface area contributed by atoms with Crippen molar-refractivity contribution in [2.24, 2.45) is 0 Å². The van der Waals surface area contributed by atoms with Crippen LogP contribution in [-0.4, -0.2) is 37.5 Å². The van der Waals surface area contributed by atoms with Gasteiger partial charge in [0.05, 0.1) is 23.9 Å². The van der Waals surface area contributed by atoms with Crippen LogP contribution in [0.2, 0.25) is 5.02 Å². The van der Waals surface area contributed by atoms with E-state index >= 15 is 0 Å². The molecule has 1 aliphatic heterocycles. The lowest BCUT2D eigenvalue weighted by molar-refractivity contribution is -0.136. The Morgan fingerprint density at radius 3 is 2.45 bits per heavy atom. The molecule has 2 amide bonds. The minimum Gasteiger partial charge on any atom is -0.484 e.